The van der Waals surface area contributed by atoms with Crippen LogP contribution in [0, 0.1) is 22.7 Å². The fourth-order valence-electron chi connectivity index (χ4n) is 3.66. The highest BCUT2D eigenvalue weighted by Gasteiger charge is 2.32. The van der Waals surface area contributed by atoms with E-state index in [-0.39, 0.29) is 5.41 Å². The molecule has 1 aromatic heterocycles. The summed E-state index contributed by atoms with van der Waals surface area (Å²) < 4.78 is 10.2. The number of nitrogens with one attached hydrogen (secondary N) is 1. The molecule has 0 unspecified atom stereocenters. The molecule has 7 heteroatoms. The first kappa shape index (κ1) is 21.8. The minimum Gasteiger partial charge on any atom is -0.497 e. The van der Waals surface area contributed by atoms with E-state index in [1.165, 1.54) is 23.3 Å². The van der Waals surface area contributed by atoms with Crippen molar-refractivity contribution in [1.82, 2.24) is 0 Å². The molecule has 30 heavy (non-hydrogen) atoms. The van der Waals surface area contributed by atoms with Gasteiger partial charge in [0.2, 0.25) is 0 Å². The number of hydrogen-bond acceptors (Lipinski definition) is 6. The van der Waals surface area contributed by atoms with Crippen molar-refractivity contribution in [1.29, 1.82) is 5.26 Å². The molecule has 0 bridgehead atoms. The van der Waals surface area contributed by atoms with Gasteiger partial charge in [0.1, 0.15) is 16.8 Å². The molecule has 0 fully saturated rings. The zero-order valence-electron chi connectivity index (χ0n) is 17.7. The number of rotatable bonds is 5. The Kier molecular flexibility index (Phi) is 6.47. The number of nitriles is 1. The second kappa shape index (κ2) is 8.88. The van der Waals surface area contributed by atoms with Crippen LogP contribution in [0.25, 0.3) is 0 Å². The lowest BCUT2D eigenvalue weighted by Crippen LogP contribution is -2.26. The molecular weight excluding hydrogens is 400 g/mol. The highest BCUT2D eigenvalue weighted by Crippen LogP contribution is 2.43. The maximum atomic E-state index is 12.4. The molecule has 0 radical (unpaired) electrons. The van der Waals surface area contributed by atoms with E-state index < -0.39 is 18.5 Å². The number of carbonyl (C=O) groups is 2. The maximum absolute atomic E-state index is 12.4. The number of amides is 1. The molecule has 1 aromatic carbocycles. The zero-order valence-corrected chi connectivity index (χ0v) is 18.5. The van der Waals surface area contributed by atoms with Crippen molar-refractivity contribution in [3.63, 3.8) is 0 Å². The largest absolute Gasteiger partial charge is 0.497 e. The van der Waals surface area contributed by atoms with Crippen molar-refractivity contribution in [3.8, 4) is 11.8 Å². The summed E-state index contributed by atoms with van der Waals surface area (Å²) in [6.07, 6.45) is 2.80. The molecule has 1 aliphatic carbocycles. The Morgan fingerprint density at radius 2 is 2.10 bits per heavy atom. The number of fused-ring (bicyclic) bond motifs is 1. The minimum atomic E-state index is -0.608. The maximum Gasteiger partial charge on any atom is 0.338 e. The van der Waals surface area contributed by atoms with Crippen molar-refractivity contribution >= 4 is 28.2 Å². The average molecular weight is 427 g/mol. The van der Waals surface area contributed by atoms with Gasteiger partial charge in [0.05, 0.1) is 18.2 Å². The molecule has 1 atom stereocenters. The van der Waals surface area contributed by atoms with Gasteiger partial charge in [0.15, 0.2) is 6.61 Å². The van der Waals surface area contributed by atoms with E-state index >= 15 is 0 Å². The summed E-state index contributed by atoms with van der Waals surface area (Å²) in [6.45, 7) is 6.29. The van der Waals surface area contributed by atoms with E-state index in [1.54, 1.807) is 24.3 Å². The van der Waals surface area contributed by atoms with Crippen molar-refractivity contribution in [3.05, 3.63) is 45.8 Å². The molecule has 2 aromatic rings. The molecule has 0 aliphatic heterocycles. The number of hydrogen-bond donors (Lipinski definition) is 1. The number of anilines is 1. The van der Waals surface area contributed by atoms with Crippen LogP contribution in [0.4, 0.5) is 5.00 Å². The summed E-state index contributed by atoms with van der Waals surface area (Å²) in [5.74, 6) is 0.00428. The molecule has 1 aliphatic rings. The van der Waals surface area contributed by atoms with Gasteiger partial charge in [-0.3, -0.25) is 4.79 Å². The van der Waals surface area contributed by atoms with E-state index in [4.69, 9.17) is 9.47 Å². The number of nitrogens with zero attached hydrogens (tertiary/aromatic N) is 1. The Hall–Kier alpha value is -2.85. The Morgan fingerprint density at radius 1 is 1.33 bits per heavy atom. The highest BCUT2D eigenvalue weighted by molar-refractivity contribution is 7.16. The number of ether oxygens (including phenoxy) is 2. The lowest BCUT2D eigenvalue weighted by atomic mass is 9.72. The van der Waals surface area contributed by atoms with Crippen LogP contribution in [0.1, 0.15) is 53.6 Å². The van der Waals surface area contributed by atoms with Gasteiger partial charge in [-0.25, -0.2) is 4.79 Å². The van der Waals surface area contributed by atoms with Crippen LogP contribution in [0.5, 0.6) is 5.75 Å². The number of carbonyl (C=O) groups excluding carboxylic acids is 2. The normalized spacial score (nSPS) is 15.6. The minimum absolute atomic E-state index is 0.201. The van der Waals surface area contributed by atoms with Crippen LogP contribution in [-0.2, 0) is 22.4 Å². The van der Waals surface area contributed by atoms with Crippen LogP contribution in [0.15, 0.2) is 24.3 Å². The standard InChI is InChI=1S/C23H26N2O4S/c1-23(2,3)15-8-9-17-18(12-24)21(30-19(17)11-15)25-20(26)13-29-22(27)14-6-5-7-16(10-14)28-4/h5-7,10,15H,8-9,11,13H2,1-4H3,(H,25,26)/t15-/m0/s1. The first-order valence-corrected chi connectivity index (χ1v) is 10.7. The molecule has 1 amide bonds. The summed E-state index contributed by atoms with van der Waals surface area (Å²) in [6, 6.07) is 8.78. The second-order valence-electron chi connectivity index (χ2n) is 8.48. The van der Waals surface area contributed by atoms with Gasteiger partial charge in [-0.05, 0) is 54.4 Å². The molecule has 0 saturated carbocycles. The van der Waals surface area contributed by atoms with Gasteiger partial charge in [0.25, 0.3) is 5.91 Å². The monoisotopic (exact) mass is 426 g/mol. The van der Waals surface area contributed by atoms with E-state index in [2.05, 4.69) is 32.2 Å². The van der Waals surface area contributed by atoms with Crippen molar-refractivity contribution < 1.29 is 19.1 Å². The Bertz CT molecular complexity index is 998. The Morgan fingerprint density at radius 3 is 2.77 bits per heavy atom. The molecule has 0 spiro atoms. The van der Waals surface area contributed by atoms with Gasteiger partial charge in [0, 0.05) is 4.88 Å². The molecular formula is C23H26N2O4S. The predicted octanol–water partition coefficient (Wildman–Crippen LogP) is 4.57. The van der Waals surface area contributed by atoms with Gasteiger partial charge in [-0.15, -0.1) is 11.3 Å². The summed E-state index contributed by atoms with van der Waals surface area (Å²) >= 11 is 1.46. The summed E-state index contributed by atoms with van der Waals surface area (Å²) in [4.78, 5) is 25.7. The lowest BCUT2D eigenvalue weighted by molar-refractivity contribution is -0.119. The van der Waals surface area contributed by atoms with Gasteiger partial charge < -0.3 is 14.8 Å². The van der Waals surface area contributed by atoms with Gasteiger partial charge in [-0.1, -0.05) is 26.8 Å². The van der Waals surface area contributed by atoms with Gasteiger partial charge >= 0.3 is 5.97 Å². The smallest absolute Gasteiger partial charge is 0.338 e. The number of esters is 1. The number of benzene rings is 1. The molecule has 158 valence electrons. The van der Waals surface area contributed by atoms with Crippen LogP contribution in [0.2, 0.25) is 0 Å². The fraction of sp³-hybridized carbons (Fsp3) is 0.435. The quantitative estimate of drug-likeness (QED) is 0.707. The number of thiophene rings is 1. The second-order valence-corrected chi connectivity index (χ2v) is 9.59. The van der Waals surface area contributed by atoms with E-state index in [9.17, 15) is 14.9 Å². The Labute approximate surface area is 180 Å². The van der Waals surface area contributed by atoms with Crippen LogP contribution < -0.4 is 10.1 Å². The third kappa shape index (κ3) is 4.82. The molecule has 1 heterocycles. The summed E-state index contributed by atoms with van der Waals surface area (Å²) in [5, 5.41) is 12.9. The fourth-order valence-corrected chi connectivity index (χ4v) is 4.95. The van der Waals surface area contributed by atoms with E-state index in [1.807, 2.05) is 0 Å². The molecule has 6 nitrogen and oxygen atoms in total. The SMILES string of the molecule is COc1cccc(C(=O)OCC(=O)Nc2sc3c(c2C#N)CC[C@H](C(C)(C)C)C3)c1. The highest BCUT2D eigenvalue weighted by atomic mass is 32.1. The predicted molar refractivity (Wildman–Crippen MR) is 116 cm³/mol. The van der Waals surface area contributed by atoms with Crippen molar-refractivity contribution in [2.24, 2.45) is 11.3 Å². The Balaban J connectivity index is 1.65. The van der Waals surface area contributed by atoms with E-state index in [0.717, 1.165) is 24.8 Å². The van der Waals surface area contributed by atoms with Crippen LogP contribution in [-0.4, -0.2) is 25.6 Å². The molecule has 0 saturated heterocycles. The van der Waals surface area contributed by atoms with Gasteiger partial charge in [-0.2, -0.15) is 5.26 Å². The molecule has 3 rings (SSSR count). The van der Waals surface area contributed by atoms with Crippen molar-refractivity contribution in [2.75, 3.05) is 19.0 Å². The third-order valence-electron chi connectivity index (χ3n) is 5.49. The third-order valence-corrected chi connectivity index (χ3v) is 6.66. The van der Waals surface area contributed by atoms with E-state index in [0.29, 0.717) is 27.8 Å². The lowest BCUT2D eigenvalue weighted by Gasteiger charge is -2.33. The van der Waals surface area contributed by atoms with Crippen LogP contribution in [0.3, 0.4) is 0 Å². The summed E-state index contributed by atoms with van der Waals surface area (Å²) in [5.41, 5.74) is 2.09. The number of methoxy groups -OCH3 is 1. The van der Waals surface area contributed by atoms with Crippen LogP contribution >= 0.6 is 11.3 Å². The zero-order chi connectivity index (χ0) is 21.9. The van der Waals surface area contributed by atoms with Crippen molar-refractivity contribution in [2.45, 2.75) is 40.0 Å². The first-order valence-electron chi connectivity index (χ1n) is 9.88. The topological polar surface area (TPSA) is 88.4 Å². The molecule has 1 N–H and O–H groups in total. The average Bonchev–Trinajstić information content (AvgIpc) is 3.07. The summed E-state index contributed by atoms with van der Waals surface area (Å²) in [7, 11) is 1.51. The first-order chi connectivity index (χ1) is 14.2.